The standard InChI is InChI=1S/C6H7F3O2/c7-5(10)6(8,9)4-2-1-3-11-4/h4H,1-3H2. The van der Waals surface area contributed by atoms with E-state index in [1.54, 1.807) is 0 Å². The van der Waals surface area contributed by atoms with Crippen molar-refractivity contribution in [2.45, 2.75) is 24.9 Å². The number of hydrogen-bond donors (Lipinski definition) is 0. The van der Waals surface area contributed by atoms with Crippen molar-refractivity contribution in [2.75, 3.05) is 6.61 Å². The highest BCUT2D eigenvalue weighted by Crippen LogP contribution is 2.30. The summed E-state index contributed by atoms with van der Waals surface area (Å²) in [6.07, 6.45) is -1.06. The Morgan fingerprint density at radius 1 is 1.55 bits per heavy atom. The van der Waals surface area contributed by atoms with Crippen LogP contribution in [-0.2, 0) is 9.53 Å². The second kappa shape index (κ2) is 2.81. The highest BCUT2D eigenvalue weighted by Gasteiger charge is 2.49. The fraction of sp³-hybridized carbons (Fsp3) is 0.833. The van der Waals surface area contributed by atoms with Gasteiger partial charge in [-0.25, -0.2) is 0 Å². The Morgan fingerprint density at radius 2 is 2.18 bits per heavy atom. The van der Waals surface area contributed by atoms with E-state index in [2.05, 4.69) is 4.74 Å². The Morgan fingerprint density at radius 3 is 2.55 bits per heavy atom. The highest BCUT2D eigenvalue weighted by molar-refractivity contribution is 5.77. The monoisotopic (exact) mass is 168 g/mol. The van der Waals surface area contributed by atoms with E-state index in [-0.39, 0.29) is 13.0 Å². The van der Waals surface area contributed by atoms with Crippen LogP contribution in [0, 0.1) is 0 Å². The van der Waals surface area contributed by atoms with Gasteiger partial charge in [0.25, 0.3) is 0 Å². The van der Waals surface area contributed by atoms with Crippen LogP contribution in [0.1, 0.15) is 12.8 Å². The lowest BCUT2D eigenvalue weighted by atomic mass is 10.1. The van der Waals surface area contributed by atoms with Gasteiger partial charge in [-0.1, -0.05) is 0 Å². The van der Waals surface area contributed by atoms with E-state index >= 15 is 0 Å². The molecule has 0 bridgehead atoms. The molecule has 1 atom stereocenters. The SMILES string of the molecule is O=C(F)C(F)(F)C1CCCO1. The van der Waals surface area contributed by atoms with Crippen molar-refractivity contribution in [1.29, 1.82) is 0 Å². The van der Waals surface area contributed by atoms with Gasteiger partial charge in [0.1, 0.15) is 6.10 Å². The van der Waals surface area contributed by atoms with Crippen molar-refractivity contribution in [2.24, 2.45) is 0 Å². The predicted octanol–water partition coefficient (Wildman–Crippen LogP) is 1.30. The maximum Gasteiger partial charge on any atom is 0.373 e. The normalized spacial score (nSPS) is 25.5. The zero-order chi connectivity index (χ0) is 8.48. The summed E-state index contributed by atoms with van der Waals surface area (Å²) in [7, 11) is 0. The Labute approximate surface area is 61.3 Å². The van der Waals surface area contributed by atoms with Crippen LogP contribution < -0.4 is 0 Å². The summed E-state index contributed by atoms with van der Waals surface area (Å²) in [5.41, 5.74) is 0. The summed E-state index contributed by atoms with van der Waals surface area (Å²) >= 11 is 0. The molecule has 0 aromatic heterocycles. The third kappa shape index (κ3) is 1.53. The van der Waals surface area contributed by atoms with Gasteiger partial charge in [0.05, 0.1) is 0 Å². The van der Waals surface area contributed by atoms with E-state index in [1.165, 1.54) is 0 Å². The van der Waals surface area contributed by atoms with Crippen molar-refractivity contribution in [3.05, 3.63) is 0 Å². The smallest absolute Gasteiger partial charge is 0.371 e. The molecule has 1 aliphatic rings. The zero-order valence-electron chi connectivity index (χ0n) is 5.65. The molecular formula is C6H7F3O2. The largest absolute Gasteiger partial charge is 0.373 e. The molecule has 0 radical (unpaired) electrons. The molecule has 1 unspecified atom stereocenters. The van der Waals surface area contributed by atoms with Gasteiger partial charge >= 0.3 is 12.0 Å². The molecule has 0 saturated carbocycles. The molecule has 5 heteroatoms. The van der Waals surface area contributed by atoms with E-state index in [4.69, 9.17) is 0 Å². The van der Waals surface area contributed by atoms with Crippen LogP contribution in [-0.4, -0.2) is 24.7 Å². The van der Waals surface area contributed by atoms with Gasteiger partial charge in [-0.3, -0.25) is 4.79 Å². The third-order valence-corrected chi connectivity index (χ3v) is 1.60. The van der Waals surface area contributed by atoms with Crippen LogP contribution in [0.3, 0.4) is 0 Å². The number of ether oxygens (including phenoxy) is 1. The lowest BCUT2D eigenvalue weighted by molar-refractivity contribution is -0.174. The first-order valence-electron chi connectivity index (χ1n) is 3.24. The van der Waals surface area contributed by atoms with Gasteiger partial charge < -0.3 is 4.74 Å². The first kappa shape index (κ1) is 8.52. The van der Waals surface area contributed by atoms with Crippen LogP contribution in [0.4, 0.5) is 13.2 Å². The Hall–Kier alpha value is -0.580. The van der Waals surface area contributed by atoms with Gasteiger partial charge in [0.2, 0.25) is 0 Å². The van der Waals surface area contributed by atoms with Crippen LogP contribution in [0.2, 0.25) is 0 Å². The number of hydrogen-bond acceptors (Lipinski definition) is 2. The molecule has 0 spiro atoms. The van der Waals surface area contributed by atoms with Crippen LogP contribution in [0.5, 0.6) is 0 Å². The van der Waals surface area contributed by atoms with E-state index in [0.717, 1.165) is 0 Å². The molecule has 11 heavy (non-hydrogen) atoms. The minimum absolute atomic E-state index is 0.0443. The van der Waals surface area contributed by atoms with Crippen molar-refractivity contribution < 1.29 is 22.7 Å². The van der Waals surface area contributed by atoms with Gasteiger partial charge in [-0.05, 0) is 12.8 Å². The number of halogens is 3. The van der Waals surface area contributed by atoms with Crippen LogP contribution >= 0.6 is 0 Å². The number of rotatable bonds is 2. The summed E-state index contributed by atoms with van der Waals surface area (Å²) in [4.78, 5) is 9.76. The summed E-state index contributed by atoms with van der Waals surface area (Å²) in [5.74, 6) is -3.95. The van der Waals surface area contributed by atoms with Crippen LogP contribution in [0.25, 0.3) is 0 Å². The minimum atomic E-state index is -3.95. The van der Waals surface area contributed by atoms with E-state index < -0.39 is 18.1 Å². The molecule has 1 heterocycles. The summed E-state index contributed by atoms with van der Waals surface area (Å²) in [6.45, 7) is 0.174. The minimum Gasteiger partial charge on any atom is -0.371 e. The summed E-state index contributed by atoms with van der Waals surface area (Å²) in [6, 6.07) is -2.61. The highest BCUT2D eigenvalue weighted by atomic mass is 19.3. The zero-order valence-corrected chi connectivity index (χ0v) is 5.65. The van der Waals surface area contributed by atoms with Gasteiger partial charge in [0, 0.05) is 6.61 Å². The lowest BCUT2D eigenvalue weighted by Crippen LogP contribution is -2.38. The van der Waals surface area contributed by atoms with Crippen LogP contribution in [0.15, 0.2) is 0 Å². The maximum atomic E-state index is 12.4. The molecule has 1 saturated heterocycles. The van der Waals surface area contributed by atoms with Crippen molar-refractivity contribution in [1.82, 2.24) is 0 Å². The average Bonchev–Trinajstić information content (AvgIpc) is 2.37. The molecular weight excluding hydrogens is 161 g/mol. The topological polar surface area (TPSA) is 26.3 Å². The molecule has 0 aromatic carbocycles. The van der Waals surface area contributed by atoms with Crippen molar-refractivity contribution in [3.63, 3.8) is 0 Å². The van der Waals surface area contributed by atoms with Gasteiger partial charge in [-0.15, -0.1) is 0 Å². The maximum absolute atomic E-state index is 12.4. The second-order valence-electron chi connectivity index (χ2n) is 2.40. The lowest BCUT2D eigenvalue weighted by Gasteiger charge is -2.16. The molecule has 2 nitrogen and oxygen atoms in total. The Bertz CT molecular complexity index is 163. The molecule has 1 rings (SSSR count). The number of alkyl halides is 2. The van der Waals surface area contributed by atoms with Gasteiger partial charge in [0.15, 0.2) is 0 Å². The Balaban J connectivity index is 2.62. The molecule has 1 fully saturated rings. The van der Waals surface area contributed by atoms with E-state index in [0.29, 0.717) is 6.42 Å². The molecule has 0 aromatic rings. The first-order chi connectivity index (χ1) is 5.05. The fourth-order valence-corrected chi connectivity index (χ4v) is 0.990. The van der Waals surface area contributed by atoms with Gasteiger partial charge in [-0.2, -0.15) is 13.2 Å². The fourth-order valence-electron chi connectivity index (χ4n) is 0.990. The number of carbonyl (C=O) groups excluding carboxylic acids is 1. The van der Waals surface area contributed by atoms with Crippen molar-refractivity contribution in [3.8, 4) is 0 Å². The molecule has 64 valence electrons. The predicted molar refractivity (Wildman–Crippen MR) is 30.0 cm³/mol. The van der Waals surface area contributed by atoms with E-state index in [9.17, 15) is 18.0 Å². The summed E-state index contributed by atoms with van der Waals surface area (Å²) < 4.78 is 40.9. The quantitative estimate of drug-likeness (QED) is 0.581. The Kier molecular flexibility index (Phi) is 2.17. The molecule has 0 N–H and O–H groups in total. The van der Waals surface area contributed by atoms with Crippen molar-refractivity contribution >= 4 is 6.04 Å². The third-order valence-electron chi connectivity index (χ3n) is 1.60. The molecule has 0 aliphatic carbocycles. The molecule has 0 amide bonds. The van der Waals surface area contributed by atoms with E-state index in [1.807, 2.05) is 0 Å². The second-order valence-corrected chi connectivity index (χ2v) is 2.40. The summed E-state index contributed by atoms with van der Waals surface area (Å²) in [5, 5.41) is 0. The average molecular weight is 168 g/mol. The molecule has 1 aliphatic heterocycles. The first-order valence-corrected chi connectivity index (χ1v) is 3.24. The number of carbonyl (C=O) groups is 1.